The first-order valence-corrected chi connectivity index (χ1v) is 10.3. The Hall–Kier alpha value is -1.40. The average molecular weight is 360 g/mol. The molecule has 2 aliphatic heterocycles. The Labute approximate surface area is 157 Å². The van der Waals surface area contributed by atoms with Gasteiger partial charge in [-0.1, -0.05) is 0 Å². The molecular weight excluding hydrogens is 326 g/mol. The van der Waals surface area contributed by atoms with Gasteiger partial charge in [0.15, 0.2) is 0 Å². The molecule has 3 fully saturated rings. The van der Waals surface area contributed by atoms with Crippen LogP contribution in [0.5, 0.6) is 0 Å². The first kappa shape index (κ1) is 18.0. The molecule has 1 amide bonds. The number of carbonyl (C=O) groups is 1. The third-order valence-corrected chi connectivity index (χ3v) is 6.68. The van der Waals surface area contributed by atoms with Crippen molar-refractivity contribution in [1.82, 2.24) is 24.5 Å². The minimum atomic E-state index is 0.159. The number of hydrogen-bond acceptors (Lipinski definition) is 4. The molecular formula is C20H33N5O. The van der Waals surface area contributed by atoms with Crippen LogP contribution in [0.1, 0.15) is 37.8 Å². The van der Waals surface area contributed by atoms with Crippen LogP contribution >= 0.6 is 0 Å². The van der Waals surface area contributed by atoms with E-state index in [2.05, 4.69) is 39.1 Å². The number of rotatable bonds is 5. The molecule has 0 radical (unpaired) electrons. The number of carbonyl (C=O) groups excluding carboxylic acids is 1. The second-order valence-electron chi connectivity index (χ2n) is 8.68. The highest BCUT2D eigenvalue weighted by molar-refractivity contribution is 5.76. The first-order valence-electron chi connectivity index (χ1n) is 10.3. The Balaban J connectivity index is 1.37. The maximum atomic E-state index is 12.6. The molecule has 1 aromatic heterocycles. The van der Waals surface area contributed by atoms with Crippen LogP contribution in [0.2, 0.25) is 0 Å². The maximum Gasteiger partial charge on any atom is 0.222 e. The highest BCUT2D eigenvalue weighted by atomic mass is 16.2. The van der Waals surface area contributed by atoms with Crippen molar-refractivity contribution in [2.24, 2.45) is 5.92 Å². The summed E-state index contributed by atoms with van der Waals surface area (Å²) in [6, 6.07) is 2.07. The summed E-state index contributed by atoms with van der Waals surface area (Å²) in [5, 5.41) is 4.51. The van der Waals surface area contributed by atoms with Gasteiger partial charge >= 0.3 is 0 Å². The van der Waals surface area contributed by atoms with Crippen LogP contribution in [0, 0.1) is 12.8 Å². The summed E-state index contributed by atoms with van der Waals surface area (Å²) in [4.78, 5) is 19.9. The lowest BCUT2D eigenvalue weighted by molar-refractivity contribution is -0.131. The number of likely N-dealkylation sites (tertiary alicyclic amines) is 1. The zero-order chi connectivity index (χ0) is 18.1. The lowest BCUT2D eigenvalue weighted by Crippen LogP contribution is -2.61. The molecule has 6 heteroatoms. The Kier molecular flexibility index (Phi) is 5.06. The minimum absolute atomic E-state index is 0.159. The van der Waals surface area contributed by atoms with E-state index in [1.165, 1.54) is 12.8 Å². The molecule has 1 atom stereocenters. The molecule has 26 heavy (non-hydrogen) atoms. The van der Waals surface area contributed by atoms with E-state index in [4.69, 9.17) is 0 Å². The molecule has 144 valence electrons. The molecule has 4 rings (SSSR count). The van der Waals surface area contributed by atoms with Crippen LogP contribution in [-0.4, -0.2) is 82.2 Å². The molecule has 0 N–H and O–H groups in total. The number of nitrogens with zero attached hydrogens (tertiary/aromatic N) is 5. The molecule has 2 saturated heterocycles. The lowest BCUT2D eigenvalue weighted by atomic mass is 9.86. The Morgan fingerprint density at radius 1 is 1.19 bits per heavy atom. The van der Waals surface area contributed by atoms with E-state index in [1.807, 2.05) is 11.6 Å². The van der Waals surface area contributed by atoms with Gasteiger partial charge in [-0.15, -0.1) is 0 Å². The standard InChI is InChI=1S/C20H33N5O/c1-17-6-9-25(21-17)14-13-23-12-11-22(2)20(16-23)7-5-19(26)24(10-8-20)15-18-3-4-18/h6,9,18H,3-5,7-8,10-16H2,1-2H3/t20-/m0/s1. The van der Waals surface area contributed by atoms with Crippen LogP contribution in [0.3, 0.4) is 0 Å². The van der Waals surface area contributed by atoms with Gasteiger partial charge in [-0.3, -0.25) is 19.3 Å². The fraction of sp³-hybridized carbons (Fsp3) is 0.800. The van der Waals surface area contributed by atoms with Gasteiger partial charge < -0.3 is 4.90 Å². The fourth-order valence-electron chi connectivity index (χ4n) is 4.60. The SMILES string of the molecule is Cc1ccn(CCN2CCN(C)[C@]3(CCC(=O)N(CC4CC4)CC3)C2)n1. The quantitative estimate of drug-likeness (QED) is 0.801. The summed E-state index contributed by atoms with van der Waals surface area (Å²) < 4.78 is 2.05. The van der Waals surface area contributed by atoms with Gasteiger partial charge in [0.2, 0.25) is 5.91 Å². The van der Waals surface area contributed by atoms with Gasteiger partial charge in [0.25, 0.3) is 0 Å². The summed E-state index contributed by atoms with van der Waals surface area (Å²) in [5.41, 5.74) is 1.24. The Morgan fingerprint density at radius 3 is 2.77 bits per heavy atom. The van der Waals surface area contributed by atoms with Gasteiger partial charge in [0, 0.05) is 57.4 Å². The van der Waals surface area contributed by atoms with Crippen molar-refractivity contribution in [3.63, 3.8) is 0 Å². The summed E-state index contributed by atoms with van der Waals surface area (Å²) in [7, 11) is 2.26. The van der Waals surface area contributed by atoms with Gasteiger partial charge in [-0.25, -0.2) is 0 Å². The van der Waals surface area contributed by atoms with Gasteiger partial charge in [-0.05, 0) is 51.6 Å². The summed E-state index contributed by atoms with van der Waals surface area (Å²) >= 11 is 0. The van der Waals surface area contributed by atoms with E-state index in [1.54, 1.807) is 0 Å². The van der Waals surface area contributed by atoms with Gasteiger partial charge in [0.1, 0.15) is 0 Å². The molecule has 1 aromatic rings. The van der Waals surface area contributed by atoms with Gasteiger partial charge in [-0.2, -0.15) is 5.10 Å². The van der Waals surface area contributed by atoms with Crippen LogP contribution in [0.25, 0.3) is 0 Å². The largest absolute Gasteiger partial charge is 0.342 e. The highest BCUT2D eigenvalue weighted by Crippen LogP contribution is 2.35. The van der Waals surface area contributed by atoms with E-state index < -0.39 is 0 Å². The number of hydrogen-bond donors (Lipinski definition) is 0. The summed E-state index contributed by atoms with van der Waals surface area (Å²) in [6.07, 6.45) is 7.52. The molecule has 0 unspecified atom stereocenters. The number of likely N-dealkylation sites (N-methyl/N-ethyl adjacent to an activating group) is 1. The average Bonchev–Trinajstić information content (AvgIpc) is 3.38. The number of amides is 1. The number of piperazine rings is 1. The second-order valence-corrected chi connectivity index (χ2v) is 8.68. The topological polar surface area (TPSA) is 44.6 Å². The zero-order valence-corrected chi connectivity index (χ0v) is 16.4. The monoisotopic (exact) mass is 359 g/mol. The van der Waals surface area contributed by atoms with Crippen LogP contribution in [-0.2, 0) is 11.3 Å². The lowest BCUT2D eigenvalue weighted by Gasteiger charge is -2.49. The van der Waals surface area contributed by atoms with Crippen molar-refractivity contribution in [2.45, 2.75) is 51.1 Å². The van der Waals surface area contributed by atoms with Crippen molar-refractivity contribution in [2.75, 3.05) is 46.3 Å². The van der Waals surface area contributed by atoms with Crippen molar-refractivity contribution >= 4 is 5.91 Å². The molecule has 0 aromatic carbocycles. The van der Waals surface area contributed by atoms with Crippen molar-refractivity contribution in [1.29, 1.82) is 0 Å². The van der Waals surface area contributed by atoms with Crippen molar-refractivity contribution < 1.29 is 4.79 Å². The molecule has 1 saturated carbocycles. The molecule has 6 nitrogen and oxygen atoms in total. The minimum Gasteiger partial charge on any atom is -0.342 e. The fourth-order valence-corrected chi connectivity index (χ4v) is 4.60. The molecule has 1 spiro atoms. The summed E-state index contributed by atoms with van der Waals surface area (Å²) in [5.74, 6) is 1.16. The molecule has 1 aliphatic carbocycles. The van der Waals surface area contributed by atoms with E-state index in [0.717, 1.165) is 70.3 Å². The Bertz CT molecular complexity index is 640. The first-order chi connectivity index (χ1) is 12.5. The third-order valence-electron chi connectivity index (χ3n) is 6.68. The molecule has 3 heterocycles. The highest BCUT2D eigenvalue weighted by Gasteiger charge is 2.42. The van der Waals surface area contributed by atoms with Crippen LogP contribution < -0.4 is 0 Å². The normalized spacial score (nSPS) is 28.7. The third kappa shape index (κ3) is 3.96. The zero-order valence-electron chi connectivity index (χ0n) is 16.4. The van der Waals surface area contributed by atoms with Crippen molar-refractivity contribution in [3.8, 4) is 0 Å². The van der Waals surface area contributed by atoms with E-state index in [9.17, 15) is 4.79 Å². The molecule has 0 bridgehead atoms. The van der Waals surface area contributed by atoms with E-state index >= 15 is 0 Å². The van der Waals surface area contributed by atoms with E-state index in [0.29, 0.717) is 12.3 Å². The Morgan fingerprint density at radius 2 is 2.04 bits per heavy atom. The van der Waals surface area contributed by atoms with Crippen LogP contribution in [0.15, 0.2) is 12.3 Å². The summed E-state index contributed by atoms with van der Waals surface area (Å²) in [6.45, 7) is 9.24. The van der Waals surface area contributed by atoms with E-state index in [-0.39, 0.29) is 5.54 Å². The number of aryl methyl sites for hydroxylation is 1. The second kappa shape index (κ2) is 7.31. The predicted octanol–water partition coefficient (Wildman–Crippen LogP) is 1.60. The van der Waals surface area contributed by atoms with Crippen molar-refractivity contribution in [3.05, 3.63) is 18.0 Å². The number of aromatic nitrogens is 2. The molecule has 3 aliphatic rings. The predicted molar refractivity (Wildman–Crippen MR) is 102 cm³/mol. The van der Waals surface area contributed by atoms with Crippen LogP contribution in [0.4, 0.5) is 0 Å². The van der Waals surface area contributed by atoms with Gasteiger partial charge in [0.05, 0.1) is 12.2 Å². The maximum absolute atomic E-state index is 12.6. The smallest absolute Gasteiger partial charge is 0.222 e.